The summed E-state index contributed by atoms with van der Waals surface area (Å²) < 4.78 is 5.41. The lowest BCUT2D eigenvalue weighted by atomic mass is 10.5. The molecule has 14 heavy (non-hydrogen) atoms. The number of nitrogens with zero attached hydrogens (tertiary/aromatic N) is 2. The first kappa shape index (κ1) is 10.9. The number of ether oxygens (including phenoxy) is 1. The van der Waals surface area contributed by atoms with Gasteiger partial charge in [0.1, 0.15) is 4.60 Å². The first-order chi connectivity index (χ1) is 6.72. The Morgan fingerprint density at radius 1 is 1.57 bits per heavy atom. The van der Waals surface area contributed by atoms with Crippen molar-refractivity contribution in [1.29, 1.82) is 0 Å². The zero-order chi connectivity index (χ0) is 10.4. The molecule has 0 aliphatic heterocycles. The van der Waals surface area contributed by atoms with Crippen molar-refractivity contribution in [3.63, 3.8) is 0 Å². The van der Waals surface area contributed by atoms with Crippen molar-refractivity contribution in [2.75, 3.05) is 11.9 Å². The molecule has 0 bridgehead atoms. The zero-order valence-corrected chi connectivity index (χ0v) is 9.24. The Labute approximate surface area is 90.0 Å². The predicted molar refractivity (Wildman–Crippen MR) is 55.0 cm³/mol. The molecule has 1 aromatic heterocycles. The van der Waals surface area contributed by atoms with E-state index in [2.05, 4.69) is 31.2 Å². The van der Waals surface area contributed by atoms with E-state index in [-0.39, 0.29) is 0 Å². The maximum atomic E-state index is 11.0. The van der Waals surface area contributed by atoms with Crippen LogP contribution in [0.1, 0.15) is 13.3 Å². The van der Waals surface area contributed by atoms with E-state index in [9.17, 15) is 4.79 Å². The Hall–Kier alpha value is -1.17. The number of aromatic nitrogens is 2. The molecule has 0 saturated heterocycles. The molecule has 1 rings (SSSR count). The van der Waals surface area contributed by atoms with Gasteiger partial charge in [-0.2, -0.15) is 0 Å². The standard InChI is InChI=1S/C8H10BrN3O2/c1-2-3-14-8(13)12-7-5-10-6(9)4-11-7/h4-5H,2-3H2,1H3,(H,11,12,13). The maximum absolute atomic E-state index is 11.0. The highest BCUT2D eigenvalue weighted by molar-refractivity contribution is 9.10. The van der Waals surface area contributed by atoms with Gasteiger partial charge in [-0.15, -0.1) is 0 Å². The number of halogens is 1. The normalized spacial score (nSPS) is 9.57. The molecule has 1 amide bonds. The molecule has 1 heterocycles. The van der Waals surface area contributed by atoms with E-state index in [4.69, 9.17) is 4.74 Å². The lowest BCUT2D eigenvalue weighted by molar-refractivity contribution is 0.161. The smallest absolute Gasteiger partial charge is 0.412 e. The number of carbonyl (C=O) groups is 1. The Bertz CT molecular complexity index is 302. The molecular formula is C8H10BrN3O2. The van der Waals surface area contributed by atoms with Crippen LogP contribution in [0.2, 0.25) is 0 Å². The largest absolute Gasteiger partial charge is 0.449 e. The van der Waals surface area contributed by atoms with Crippen molar-refractivity contribution in [3.8, 4) is 0 Å². The summed E-state index contributed by atoms with van der Waals surface area (Å²) in [6, 6.07) is 0. The van der Waals surface area contributed by atoms with Gasteiger partial charge in [0.25, 0.3) is 0 Å². The van der Waals surface area contributed by atoms with Crippen LogP contribution in [-0.2, 0) is 4.74 Å². The predicted octanol–water partition coefficient (Wildman–Crippen LogP) is 2.20. The molecule has 1 aromatic rings. The molecule has 0 atom stereocenters. The van der Waals surface area contributed by atoms with Crippen LogP contribution in [0.4, 0.5) is 10.6 Å². The summed E-state index contributed by atoms with van der Waals surface area (Å²) in [5, 5.41) is 2.45. The molecule has 0 saturated carbocycles. The van der Waals surface area contributed by atoms with Gasteiger partial charge in [-0.1, -0.05) is 6.92 Å². The summed E-state index contributed by atoms with van der Waals surface area (Å²) >= 11 is 3.14. The van der Waals surface area contributed by atoms with Crippen LogP contribution in [0.3, 0.4) is 0 Å². The molecule has 0 spiro atoms. The van der Waals surface area contributed by atoms with Crippen molar-refractivity contribution < 1.29 is 9.53 Å². The lowest BCUT2D eigenvalue weighted by Gasteiger charge is -2.04. The topological polar surface area (TPSA) is 64.1 Å². The summed E-state index contributed by atoms with van der Waals surface area (Å²) in [6.07, 6.45) is 3.22. The maximum Gasteiger partial charge on any atom is 0.412 e. The Morgan fingerprint density at radius 3 is 2.93 bits per heavy atom. The van der Waals surface area contributed by atoms with Crippen LogP contribution >= 0.6 is 15.9 Å². The molecule has 5 nitrogen and oxygen atoms in total. The lowest BCUT2D eigenvalue weighted by Crippen LogP contribution is -2.15. The van der Waals surface area contributed by atoms with Gasteiger partial charge in [-0.25, -0.2) is 14.8 Å². The SMILES string of the molecule is CCCOC(=O)Nc1cnc(Br)cn1. The number of hydrogen-bond acceptors (Lipinski definition) is 4. The summed E-state index contributed by atoms with van der Waals surface area (Å²) in [5.74, 6) is 0.370. The average Bonchev–Trinajstić information content (AvgIpc) is 2.18. The van der Waals surface area contributed by atoms with Crippen LogP contribution in [0.25, 0.3) is 0 Å². The minimum absolute atomic E-state index is 0.370. The fourth-order valence-corrected chi connectivity index (χ4v) is 0.917. The minimum Gasteiger partial charge on any atom is -0.449 e. The van der Waals surface area contributed by atoms with Crippen LogP contribution in [0, 0.1) is 0 Å². The average molecular weight is 260 g/mol. The van der Waals surface area contributed by atoms with Gasteiger partial charge in [-0.3, -0.25) is 5.32 Å². The summed E-state index contributed by atoms with van der Waals surface area (Å²) in [6.45, 7) is 2.32. The van der Waals surface area contributed by atoms with Gasteiger partial charge < -0.3 is 4.74 Å². The van der Waals surface area contributed by atoms with Gasteiger partial charge >= 0.3 is 6.09 Å². The Balaban J connectivity index is 2.44. The molecule has 0 unspecified atom stereocenters. The van der Waals surface area contributed by atoms with E-state index in [0.717, 1.165) is 6.42 Å². The van der Waals surface area contributed by atoms with E-state index in [1.807, 2.05) is 6.92 Å². The summed E-state index contributed by atoms with van der Waals surface area (Å²) in [5.41, 5.74) is 0. The van der Waals surface area contributed by atoms with E-state index >= 15 is 0 Å². The molecule has 0 fully saturated rings. The van der Waals surface area contributed by atoms with Crippen LogP contribution in [0.5, 0.6) is 0 Å². The van der Waals surface area contributed by atoms with Crippen molar-refractivity contribution >= 4 is 27.8 Å². The molecule has 0 aromatic carbocycles. The van der Waals surface area contributed by atoms with E-state index in [1.165, 1.54) is 12.4 Å². The van der Waals surface area contributed by atoms with E-state index in [1.54, 1.807) is 0 Å². The highest BCUT2D eigenvalue weighted by atomic mass is 79.9. The third-order valence-corrected chi connectivity index (χ3v) is 1.70. The molecule has 1 N–H and O–H groups in total. The molecular weight excluding hydrogens is 250 g/mol. The second-order valence-electron chi connectivity index (χ2n) is 2.49. The number of amides is 1. The van der Waals surface area contributed by atoms with Crippen LogP contribution in [-0.4, -0.2) is 22.7 Å². The fraction of sp³-hybridized carbons (Fsp3) is 0.375. The van der Waals surface area contributed by atoms with E-state index < -0.39 is 6.09 Å². The number of anilines is 1. The first-order valence-electron chi connectivity index (χ1n) is 4.13. The second-order valence-corrected chi connectivity index (χ2v) is 3.30. The molecule has 0 aliphatic carbocycles. The molecule has 6 heteroatoms. The summed E-state index contributed by atoms with van der Waals surface area (Å²) in [7, 11) is 0. The third-order valence-electron chi connectivity index (χ3n) is 1.29. The van der Waals surface area contributed by atoms with E-state index in [0.29, 0.717) is 17.0 Å². The van der Waals surface area contributed by atoms with Gasteiger partial charge in [0, 0.05) is 0 Å². The Kier molecular flexibility index (Phi) is 4.31. The quantitative estimate of drug-likeness (QED) is 0.904. The monoisotopic (exact) mass is 259 g/mol. The number of nitrogens with one attached hydrogen (secondary N) is 1. The van der Waals surface area contributed by atoms with Crippen molar-refractivity contribution in [1.82, 2.24) is 9.97 Å². The molecule has 76 valence electrons. The van der Waals surface area contributed by atoms with Crippen LogP contribution < -0.4 is 5.32 Å². The number of carbonyl (C=O) groups excluding carboxylic acids is 1. The van der Waals surface area contributed by atoms with Gasteiger partial charge in [0.05, 0.1) is 19.0 Å². The van der Waals surface area contributed by atoms with Gasteiger partial charge in [0.15, 0.2) is 5.82 Å². The van der Waals surface area contributed by atoms with Crippen molar-refractivity contribution in [2.45, 2.75) is 13.3 Å². The Morgan fingerprint density at radius 2 is 2.36 bits per heavy atom. The minimum atomic E-state index is -0.511. The molecule has 0 radical (unpaired) electrons. The zero-order valence-electron chi connectivity index (χ0n) is 7.66. The second kappa shape index (κ2) is 5.54. The van der Waals surface area contributed by atoms with Crippen molar-refractivity contribution in [3.05, 3.63) is 17.0 Å². The summed E-state index contributed by atoms with van der Waals surface area (Å²) in [4.78, 5) is 18.8. The van der Waals surface area contributed by atoms with Crippen LogP contribution in [0.15, 0.2) is 17.0 Å². The van der Waals surface area contributed by atoms with Crippen molar-refractivity contribution in [2.24, 2.45) is 0 Å². The third kappa shape index (κ3) is 3.69. The molecule has 0 aliphatic rings. The van der Waals surface area contributed by atoms with Gasteiger partial charge in [0.2, 0.25) is 0 Å². The highest BCUT2D eigenvalue weighted by Crippen LogP contribution is 2.06. The highest BCUT2D eigenvalue weighted by Gasteiger charge is 2.02. The number of rotatable bonds is 3. The fourth-order valence-electron chi connectivity index (χ4n) is 0.712. The van der Waals surface area contributed by atoms with Gasteiger partial charge in [-0.05, 0) is 22.4 Å². The first-order valence-corrected chi connectivity index (χ1v) is 4.93. The number of hydrogen-bond donors (Lipinski definition) is 1.